The van der Waals surface area contributed by atoms with Gasteiger partial charge in [-0.3, -0.25) is 4.98 Å². The van der Waals surface area contributed by atoms with Crippen molar-refractivity contribution in [2.45, 2.75) is 0 Å². The Morgan fingerprint density at radius 2 is 1.07 bits per heavy atom. The second kappa shape index (κ2) is 7.99. The van der Waals surface area contributed by atoms with Gasteiger partial charge in [-0.1, -0.05) is 103 Å². The largest absolute Gasteiger partial charge is 0.256 e. The van der Waals surface area contributed by atoms with E-state index in [0.717, 1.165) is 11.3 Å². The van der Waals surface area contributed by atoms with Gasteiger partial charge in [0.1, 0.15) is 0 Å². The minimum Gasteiger partial charge on any atom is -0.256 e. The molecule has 0 saturated heterocycles. The van der Waals surface area contributed by atoms with Crippen molar-refractivity contribution in [2.24, 2.45) is 0 Å². The lowest BCUT2D eigenvalue weighted by molar-refractivity contribution is 1.36. The smallest absolute Gasteiger partial charge is 0.0708 e. The zero-order valence-electron chi connectivity index (χ0n) is 15.9. The zero-order valence-corrected chi connectivity index (χ0v) is 16.8. The molecule has 0 fully saturated rings. The van der Waals surface area contributed by atoms with Crippen LogP contribution >= 0.6 is 7.92 Å². The Kier molecular flexibility index (Phi) is 4.90. The molecule has 0 unspecified atom stereocenters. The second-order valence-electron chi connectivity index (χ2n) is 6.97. The van der Waals surface area contributed by atoms with E-state index < -0.39 is 7.92 Å². The van der Waals surface area contributed by atoms with Gasteiger partial charge in [0.05, 0.1) is 5.69 Å². The number of hydrogen-bond donors (Lipinski definition) is 0. The summed E-state index contributed by atoms with van der Waals surface area (Å²) in [7, 11) is -0.615. The summed E-state index contributed by atoms with van der Waals surface area (Å²) in [5, 5.41) is 6.44. The van der Waals surface area contributed by atoms with Gasteiger partial charge < -0.3 is 0 Å². The fraction of sp³-hybridized carbons (Fsp3) is 0. The maximum absolute atomic E-state index is 4.73. The number of rotatable bonds is 4. The van der Waals surface area contributed by atoms with E-state index in [1.807, 2.05) is 6.20 Å². The molecule has 0 spiro atoms. The molecular weight excluding hydrogens is 369 g/mol. The molecule has 0 radical (unpaired) electrons. The van der Waals surface area contributed by atoms with Crippen LogP contribution in [0.5, 0.6) is 0 Å². The molecule has 5 aromatic rings. The van der Waals surface area contributed by atoms with Crippen LogP contribution in [0.4, 0.5) is 0 Å². The third kappa shape index (κ3) is 3.70. The standard InChI is InChI=1S/C27H20NP/c1-3-13-24(14-4-1)29(25-15-5-2-6-16-25)26-17-9-12-22(18-26)27-19-21-10-7-8-11-23(21)20-28-27/h1-20H. The SMILES string of the molecule is c1ccc(P(c2ccccc2)c2cccc(-c3cc4ccccc4cn3)c2)cc1. The lowest BCUT2D eigenvalue weighted by Crippen LogP contribution is -2.20. The van der Waals surface area contributed by atoms with E-state index in [4.69, 9.17) is 4.98 Å². The van der Waals surface area contributed by atoms with Crippen LogP contribution in [0.2, 0.25) is 0 Å². The number of nitrogens with zero attached hydrogens (tertiary/aromatic N) is 1. The van der Waals surface area contributed by atoms with E-state index in [2.05, 4.69) is 115 Å². The first-order valence-electron chi connectivity index (χ1n) is 9.74. The second-order valence-corrected chi connectivity index (χ2v) is 9.19. The van der Waals surface area contributed by atoms with E-state index in [-0.39, 0.29) is 0 Å². The molecule has 0 amide bonds. The molecule has 0 N–H and O–H groups in total. The fourth-order valence-corrected chi connectivity index (χ4v) is 5.99. The van der Waals surface area contributed by atoms with Gasteiger partial charge in [-0.15, -0.1) is 0 Å². The monoisotopic (exact) mass is 389 g/mol. The quantitative estimate of drug-likeness (QED) is 0.362. The van der Waals surface area contributed by atoms with Crippen LogP contribution in [-0.4, -0.2) is 4.98 Å². The Bertz CT molecular complexity index is 1210. The first kappa shape index (κ1) is 17.8. The number of pyridine rings is 1. The molecule has 0 aliphatic heterocycles. The van der Waals surface area contributed by atoms with E-state index in [1.54, 1.807) is 0 Å². The molecule has 2 heteroatoms. The molecule has 0 saturated carbocycles. The highest BCUT2D eigenvalue weighted by atomic mass is 31.1. The molecule has 5 rings (SSSR count). The lowest BCUT2D eigenvalue weighted by Gasteiger charge is -2.20. The highest BCUT2D eigenvalue weighted by Gasteiger charge is 2.16. The van der Waals surface area contributed by atoms with Crippen molar-refractivity contribution < 1.29 is 0 Å². The number of hydrogen-bond acceptors (Lipinski definition) is 1. The minimum atomic E-state index is -0.615. The molecule has 1 nitrogen and oxygen atoms in total. The molecule has 29 heavy (non-hydrogen) atoms. The minimum absolute atomic E-state index is 0.615. The summed E-state index contributed by atoms with van der Waals surface area (Å²) in [6, 6.07) is 41.0. The normalized spacial score (nSPS) is 11.1. The van der Waals surface area contributed by atoms with Gasteiger partial charge in [0.2, 0.25) is 0 Å². The van der Waals surface area contributed by atoms with Crippen LogP contribution in [0.15, 0.2) is 121 Å². The van der Waals surface area contributed by atoms with Gasteiger partial charge >= 0.3 is 0 Å². The Labute approximate surface area is 172 Å². The van der Waals surface area contributed by atoms with Crippen LogP contribution in [0, 0.1) is 0 Å². The van der Waals surface area contributed by atoms with Crippen LogP contribution in [0.25, 0.3) is 22.0 Å². The highest BCUT2D eigenvalue weighted by Crippen LogP contribution is 2.34. The van der Waals surface area contributed by atoms with Crippen molar-refractivity contribution in [1.82, 2.24) is 4.98 Å². The molecular formula is C27H20NP. The van der Waals surface area contributed by atoms with Crippen LogP contribution in [-0.2, 0) is 0 Å². The van der Waals surface area contributed by atoms with Crippen molar-refractivity contribution in [3.63, 3.8) is 0 Å². The predicted octanol–water partition coefficient (Wildman–Crippen LogP) is 5.66. The van der Waals surface area contributed by atoms with E-state index in [9.17, 15) is 0 Å². The van der Waals surface area contributed by atoms with Gasteiger partial charge in [0, 0.05) is 17.1 Å². The molecule has 0 atom stereocenters. The third-order valence-electron chi connectivity index (χ3n) is 5.06. The molecule has 0 bridgehead atoms. The molecule has 4 aromatic carbocycles. The summed E-state index contributed by atoms with van der Waals surface area (Å²) in [5.74, 6) is 0. The van der Waals surface area contributed by atoms with E-state index in [1.165, 1.54) is 26.7 Å². The Morgan fingerprint density at radius 3 is 1.76 bits per heavy atom. The zero-order chi connectivity index (χ0) is 19.5. The van der Waals surface area contributed by atoms with Crippen LogP contribution < -0.4 is 15.9 Å². The lowest BCUT2D eigenvalue weighted by atomic mass is 10.1. The number of fused-ring (bicyclic) bond motifs is 1. The molecule has 1 aromatic heterocycles. The number of aromatic nitrogens is 1. The first-order valence-corrected chi connectivity index (χ1v) is 11.1. The maximum Gasteiger partial charge on any atom is 0.0708 e. The van der Waals surface area contributed by atoms with Crippen LogP contribution in [0.3, 0.4) is 0 Å². The average molecular weight is 389 g/mol. The Balaban J connectivity index is 1.62. The average Bonchev–Trinajstić information content (AvgIpc) is 2.81. The van der Waals surface area contributed by atoms with Crippen LogP contribution in [0.1, 0.15) is 0 Å². The molecule has 1 heterocycles. The van der Waals surface area contributed by atoms with Crippen molar-refractivity contribution >= 4 is 34.6 Å². The molecule has 138 valence electrons. The summed E-state index contributed by atoms with van der Waals surface area (Å²) < 4.78 is 0. The van der Waals surface area contributed by atoms with Gasteiger partial charge in [-0.25, -0.2) is 0 Å². The summed E-state index contributed by atoms with van der Waals surface area (Å²) in [5.41, 5.74) is 2.18. The topological polar surface area (TPSA) is 12.9 Å². The van der Waals surface area contributed by atoms with Gasteiger partial charge in [0.15, 0.2) is 0 Å². The molecule has 0 aliphatic rings. The van der Waals surface area contributed by atoms with Crippen molar-refractivity contribution in [3.05, 3.63) is 121 Å². The van der Waals surface area contributed by atoms with Crippen molar-refractivity contribution in [3.8, 4) is 11.3 Å². The maximum atomic E-state index is 4.73. The summed E-state index contributed by atoms with van der Waals surface area (Å²) >= 11 is 0. The van der Waals surface area contributed by atoms with Gasteiger partial charge in [-0.05, 0) is 41.4 Å². The van der Waals surface area contributed by atoms with E-state index >= 15 is 0 Å². The van der Waals surface area contributed by atoms with Gasteiger partial charge in [-0.2, -0.15) is 0 Å². The summed E-state index contributed by atoms with van der Waals surface area (Å²) in [6.07, 6.45) is 1.97. The predicted molar refractivity (Wildman–Crippen MR) is 126 cm³/mol. The third-order valence-corrected chi connectivity index (χ3v) is 7.48. The molecule has 0 aliphatic carbocycles. The van der Waals surface area contributed by atoms with Crippen molar-refractivity contribution in [1.29, 1.82) is 0 Å². The Morgan fingerprint density at radius 1 is 0.483 bits per heavy atom. The van der Waals surface area contributed by atoms with E-state index in [0.29, 0.717) is 0 Å². The summed E-state index contributed by atoms with van der Waals surface area (Å²) in [4.78, 5) is 4.73. The Hall–Kier alpha value is -3.28. The number of benzene rings is 4. The van der Waals surface area contributed by atoms with Gasteiger partial charge in [0.25, 0.3) is 0 Å². The first-order chi connectivity index (χ1) is 14.4. The highest BCUT2D eigenvalue weighted by molar-refractivity contribution is 7.79. The fourth-order valence-electron chi connectivity index (χ4n) is 3.65. The van der Waals surface area contributed by atoms with Crippen molar-refractivity contribution in [2.75, 3.05) is 0 Å². The summed E-state index contributed by atoms with van der Waals surface area (Å²) in [6.45, 7) is 0.